The number of amides is 1. The Morgan fingerprint density at radius 2 is 2.32 bits per heavy atom. The second-order valence-electron chi connectivity index (χ2n) is 3.90. The molecule has 19 heavy (non-hydrogen) atoms. The first-order valence-corrected chi connectivity index (χ1v) is 6.77. The van der Waals surface area contributed by atoms with Gasteiger partial charge in [-0.05, 0) is 36.9 Å². The first kappa shape index (κ1) is 15.7. The summed E-state index contributed by atoms with van der Waals surface area (Å²) in [6.07, 6.45) is 1.81. The minimum Gasteiger partial charge on any atom is -0.351 e. The van der Waals surface area contributed by atoms with Gasteiger partial charge in [0.15, 0.2) is 5.69 Å². The highest BCUT2D eigenvalue weighted by molar-refractivity contribution is 7.13. The minimum atomic E-state index is -0.147. The van der Waals surface area contributed by atoms with E-state index in [-0.39, 0.29) is 18.3 Å². The first-order chi connectivity index (χ1) is 8.81. The average Bonchev–Trinajstić information content (AvgIpc) is 3.03. The van der Waals surface area contributed by atoms with E-state index in [1.54, 1.807) is 17.4 Å². The molecule has 0 unspecified atom stereocenters. The molecule has 0 aliphatic carbocycles. The Labute approximate surface area is 122 Å². The lowest BCUT2D eigenvalue weighted by Gasteiger charge is -2.01. The van der Waals surface area contributed by atoms with Crippen LogP contribution in [-0.2, 0) is 0 Å². The lowest BCUT2D eigenvalue weighted by Crippen LogP contribution is -2.25. The van der Waals surface area contributed by atoms with Crippen LogP contribution in [0.1, 0.15) is 23.3 Å². The van der Waals surface area contributed by atoms with Gasteiger partial charge in [0.2, 0.25) is 0 Å². The molecule has 0 atom stereocenters. The average molecular weight is 301 g/mol. The van der Waals surface area contributed by atoms with Gasteiger partial charge in [-0.2, -0.15) is 5.10 Å². The minimum absolute atomic E-state index is 0. The maximum Gasteiger partial charge on any atom is 0.271 e. The van der Waals surface area contributed by atoms with Gasteiger partial charge in [0.1, 0.15) is 0 Å². The Balaban J connectivity index is 0.00000180. The molecular formula is C12H17ClN4OS. The lowest BCUT2D eigenvalue weighted by molar-refractivity contribution is 0.0948. The van der Waals surface area contributed by atoms with Crippen LogP contribution < -0.4 is 11.1 Å². The number of H-pyrrole nitrogens is 1. The Kier molecular flexibility index (Phi) is 6.55. The van der Waals surface area contributed by atoms with Gasteiger partial charge in [0.05, 0.1) is 10.6 Å². The first-order valence-electron chi connectivity index (χ1n) is 5.89. The van der Waals surface area contributed by atoms with Crippen LogP contribution in [0.2, 0.25) is 0 Å². The van der Waals surface area contributed by atoms with Gasteiger partial charge in [-0.3, -0.25) is 9.89 Å². The van der Waals surface area contributed by atoms with E-state index in [0.717, 1.165) is 23.4 Å². The molecule has 5 nitrogen and oxygen atoms in total. The predicted molar refractivity (Wildman–Crippen MR) is 79.8 cm³/mol. The number of rotatable bonds is 6. The monoisotopic (exact) mass is 300 g/mol. The van der Waals surface area contributed by atoms with E-state index in [0.29, 0.717) is 18.8 Å². The number of halogens is 1. The summed E-state index contributed by atoms with van der Waals surface area (Å²) < 4.78 is 0. The maximum absolute atomic E-state index is 11.8. The zero-order valence-corrected chi connectivity index (χ0v) is 12.0. The van der Waals surface area contributed by atoms with Gasteiger partial charge < -0.3 is 11.1 Å². The normalized spacial score (nSPS) is 9.95. The molecule has 0 saturated heterocycles. The summed E-state index contributed by atoms with van der Waals surface area (Å²) in [5, 5.41) is 11.7. The smallest absolute Gasteiger partial charge is 0.271 e. The molecule has 0 saturated carbocycles. The molecule has 0 aromatic carbocycles. The fourth-order valence-electron chi connectivity index (χ4n) is 1.56. The molecule has 104 valence electrons. The van der Waals surface area contributed by atoms with Crippen molar-refractivity contribution in [1.29, 1.82) is 0 Å². The van der Waals surface area contributed by atoms with Crippen molar-refractivity contribution >= 4 is 29.7 Å². The van der Waals surface area contributed by atoms with E-state index in [9.17, 15) is 4.79 Å². The zero-order chi connectivity index (χ0) is 12.8. The standard InChI is InChI=1S/C12H16N4OS.ClH/c13-5-1-2-6-14-12(17)10-8-9(15-16-10)11-4-3-7-18-11;/h3-4,7-8H,1-2,5-6,13H2,(H,14,17)(H,15,16);1H. The third-order valence-corrected chi connectivity index (χ3v) is 3.42. The van der Waals surface area contributed by atoms with Crippen LogP contribution in [0.4, 0.5) is 0 Å². The summed E-state index contributed by atoms with van der Waals surface area (Å²) in [5.74, 6) is -0.147. The number of aromatic amines is 1. The van der Waals surface area contributed by atoms with Gasteiger partial charge in [0.25, 0.3) is 5.91 Å². The Bertz CT molecular complexity index is 498. The van der Waals surface area contributed by atoms with Crippen LogP contribution in [0.5, 0.6) is 0 Å². The summed E-state index contributed by atoms with van der Waals surface area (Å²) >= 11 is 1.61. The number of nitrogens with one attached hydrogen (secondary N) is 2. The van der Waals surface area contributed by atoms with Crippen molar-refractivity contribution in [3.63, 3.8) is 0 Å². The van der Waals surface area contributed by atoms with Crippen molar-refractivity contribution in [1.82, 2.24) is 15.5 Å². The highest BCUT2D eigenvalue weighted by Crippen LogP contribution is 2.22. The van der Waals surface area contributed by atoms with Crippen molar-refractivity contribution in [3.8, 4) is 10.6 Å². The number of thiophene rings is 1. The summed E-state index contributed by atoms with van der Waals surface area (Å²) in [6, 6.07) is 5.72. The number of hydrogen-bond acceptors (Lipinski definition) is 4. The molecule has 0 radical (unpaired) electrons. The Hall–Kier alpha value is -1.37. The number of aromatic nitrogens is 2. The van der Waals surface area contributed by atoms with Crippen LogP contribution in [0.15, 0.2) is 23.6 Å². The van der Waals surface area contributed by atoms with Crippen molar-refractivity contribution in [2.45, 2.75) is 12.8 Å². The highest BCUT2D eigenvalue weighted by Gasteiger charge is 2.10. The fraction of sp³-hybridized carbons (Fsp3) is 0.333. The Morgan fingerprint density at radius 3 is 3.00 bits per heavy atom. The number of carbonyl (C=O) groups is 1. The molecule has 0 aliphatic rings. The molecule has 0 spiro atoms. The van der Waals surface area contributed by atoms with Crippen molar-refractivity contribution in [2.24, 2.45) is 5.73 Å². The third kappa shape index (κ3) is 4.34. The van der Waals surface area contributed by atoms with Gasteiger partial charge in [-0.25, -0.2) is 0 Å². The summed E-state index contributed by atoms with van der Waals surface area (Å²) in [6.45, 7) is 1.29. The number of carbonyl (C=O) groups excluding carboxylic acids is 1. The second-order valence-corrected chi connectivity index (χ2v) is 4.84. The molecule has 2 rings (SSSR count). The van der Waals surface area contributed by atoms with E-state index in [2.05, 4.69) is 15.5 Å². The molecule has 1 amide bonds. The van der Waals surface area contributed by atoms with Crippen LogP contribution >= 0.6 is 23.7 Å². The van der Waals surface area contributed by atoms with Crippen LogP contribution in [0.25, 0.3) is 10.6 Å². The van der Waals surface area contributed by atoms with Gasteiger partial charge >= 0.3 is 0 Å². The van der Waals surface area contributed by atoms with Gasteiger partial charge in [0, 0.05) is 6.54 Å². The van der Waals surface area contributed by atoms with E-state index in [1.807, 2.05) is 17.5 Å². The molecule has 2 aromatic rings. The predicted octanol–water partition coefficient (Wildman–Crippen LogP) is 2.03. The van der Waals surface area contributed by atoms with E-state index >= 15 is 0 Å². The quantitative estimate of drug-likeness (QED) is 0.714. The lowest BCUT2D eigenvalue weighted by atomic mass is 10.3. The molecule has 0 aliphatic heterocycles. The van der Waals surface area contributed by atoms with Crippen molar-refractivity contribution in [3.05, 3.63) is 29.3 Å². The van der Waals surface area contributed by atoms with E-state index < -0.39 is 0 Å². The summed E-state index contributed by atoms with van der Waals surface area (Å²) in [5.41, 5.74) is 6.68. The fourth-order valence-corrected chi connectivity index (χ4v) is 2.25. The van der Waals surface area contributed by atoms with Crippen molar-refractivity contribution < 1.29 is 4.79 Å². The highest BCUT2D eigenvalue weighted by atomic mass is 35.5. The maximum atomic E-state index is 11.8. The zero-order valence-electron chi connectivity index (χ0n) is 10.4. The van der Waals surface area contributed by atoms with E-state index in [4.69, 9.17) is 5.73 Å². The van der Waals surface area contributed by atoms with Crippen LogP contribution in [0.3, 0.4) is 0 Å². The summed E-state index contributed by atoms with van der Waals surface area (Å²) in [4.78, 5) is 12.8. The molecular weight excluding hydrogens is 284 g/mol. The van der Waals surface area contributed by atoms with Crippen LogP contribution in [0, 0.1) is 0 Å². The van der Waals surface area contributed by atoms with E-state index in [1.165, 1.54) is 0 Å². The summed E-state index contributed by atoms with van der Waals surface area (Å²) in [7, 11) is 0. The molecule has 0 bridgehead atoms. The third-order valence-electron chi connectivity index (χ3n) is 2.51. The molecule has 2 heterocycles. The van der Waals surface area contributed by atoms with Crippen LogP contribution in [-0.4, -0.2) is 29.2 Å². The topological polar surface area (TPSA) is 83.8 Å². The molecule has 4 N–H and O–H groups in total. The molecule has 2 aromatic heterocycles. The Morgan fingerprint density at radius 1 is 1.47 bits per heavy atom. The largest absolute Gasteiger partial charge is 0.351 e. The van der Waals surface area contributed by atoms with Gasteiger partial charge in [-0.15, -0.1) is 23.7 Å². The number of hydrogen-bond donors (Lipinski definition) is 3. The SMILES string of the molecule is Cl.NCCCCNC(=O)c1cc(-c2cccs2)[nH]n1. The molecule has 7 heteroatoms. The number of nitrogens with two attached hydrogens (primary N) is 1. The molecule has 0 fully saturated rings. The van der Waals surface area contributed by atoms with Gasteiger partial charge in [-0.1, -0.05) is 6.07 Å². The second kappa shape index (κ2) is 7.93. The van der Waals surface area contributed by atoms with Crippen molar-refractivity contribution in [2.75, 3.05) is 13.1 Å². The number of nitrogens with zero attached hydrogens (tertiary/aromatic N) is 1. The number of unbranched alkanes of at least 4 members (excludes halogenated alkanes) is 1.